The zero-order chi connectivity index (χ0) is 24.7. The van der Waals surface area contributed by atoms with Crippen LogP contribution in [0.3, 0.4) is 0 Å². The summed E-state index contributed by atoms with van der Waals surface area (Å²) >= 11 is 0. The smallest absolute Gasteiger partial charge is 0.161 e. The van der Waals surface area contributed by atoms with Crippen LogP contribution in [0.1, 0.15) is 17.0 Å². The van der Waals surface area contributed by atoms with Crippen LogP contribution >= 0.6 is 0 Å². The topological polar surface area (TPSA) is 78.2 Å². The van der Waals surface area contributed by atoms with Crippen LogP contribution in [0.5, 0.6) is 17.2 Å². The standard InChI is InChI=1S/C27H35N3O5/c1-21-5-4-6-24(15-21)35-20-27(31)18-29(11-13-33-19-27)17-23-7-8-25(32-3)26(16-23)34-14-12-30-10-9-28-22(30)2/h4-10,15-16,31H,11-14,17-20H2,1-3H3. The predicted octanol–water partition coefficient (Wildman–Crippen LogP) is 3.23. The van der Waals surface area contributed by atoms with Crippen LogP contribution in [0.25, 0.3) is 0 Å². The molecular formula is C27H35N3O5. The maximum atomic E-state index is 11.3. The monoisotopic (exact) mass is 481 g/mol. The number of benzene rings is 2. The Hall–Kier alpha value is -3.07. The number of β-amino-alcohol motifs (C(OH)–C–C–N with tert-alkyl or cyclic N) is 1. The highest BCUT2D eigenvalue weighted by Crippen LogP contribution is 2.29. The van der Waals surface area contributed by atoms with Crippen LogP contribution < -0.4 is 14.2 Å². The highest BCUT2D eigenvalue weighted by molar-refractivity contribution is 5.43. The Labute approximate surface area is 207 Å². The summed E-state index contributed by atoms with van der Waals surface area (Å²) in [5.41, 5.74) is 1.09. The molecule has 3 aromatic rings. The third-order valence-electron chi connectivity index (χ3n) is 6.09. The summed E-state index contributed by atoms with van der Waals surface area (Å²) in [6, 6.07) is 13.8. The number of imidazole rings is 1. The number of hydrogen-bond acceptors (Lipinski definition) is 7. The van der Waals surface area contributed by atoms with Gasteiger partial charge in [0.25, 0.3) is 0 Å². The van der Waals surface area contributed by atoms with Crippen LogP contribution in [-0.4, -0.2) is 71.8 Å². The van der Waals surface area contributed by atoms with E-state index in [0.29, 0.717) is 44.3 Å². The van der Waals surface area contributed by atoms with Crippen molar-refractivity contribution in [3.63, 3.8) is 0 Å². The molecule has 1 unspecified atom stereocenters. The second kappa shape index (κ2) is 11.6. The summed E-state index contributed by atoms with van der Waals surface area (Å²) in [6.45, 7) is 7.96. The second-order valence-electron chi connectivity index (χ2n) is 9.09. The molecule has 188 valence electrons. The summed E-state index contributed by atoms with van der Waals surface area (Å²) < 4.78 is 25.3. The van der Waals surface area contributed by atoms with E-state index in [-0.39, 0.29) is 13.2 Å². The van der Waals surface area contributed by atoms with Gasteiger partial charge in [-0.3, -0.25) is 4.90 Å². The van der Waals surface area contributed by atoms with Gasteiger partial charge in [-0.15, -0.1) is 0 Å². The first-order valence-corrected chi connectivity index (χ1v) is 11.9. The molecule has 1 saturated heterocycles. The van der Waals surface area contributed by atoms with Gasteiger partial charge < -0.3 is 28.6 Å². The molecule has 0 spiro atoms. The molecule has 0 saturated carbocycles. The number of aliphatic hydroxyl groups is 1. The van der Waals surface area contributed by atoms with E-state index in [0.717, 1.165) is 29.2 Å². The van der Waals surface area contributed by atoms with Crippen molar-refractivity contribution in [2.45, 2.75) is 32.5 Å². The zero-order valence-electron chi connectivity index (χ0n) is 20.8. The van der Waals surface area contributed by atoms with Crippen molar-refractivity contribution in [1.29, 1.82) is 0 Å². The van der Waals surface area contributed by atoms with Crippen LogP contribution in [0.15, 0.2) is 54.9 Å². The van der Waals surface area contributed by atoms with E-state index < -0.39 is 5.60 Å². The van der Waals surface area contributed by atoms with E-state index in [1.165, 1.54) is 0 Å². The molecule has 4 rings (SSSR count). The molecule has 0 radical (unpaired) electrons. The van der Waals surface area contributed by atoms with Gasteiger partial charge in [-0.25, -0.2) is 4.98 Å². The lowest BCUT2D eigenvalue weighted by molar-refractivity contribution is -0.0646. The van der Waals surface area contributed by atoms with Crippen molar-refractivity contribution in [2.75, 3.05) is 46.6 Å². The van der Waals surface area contributed by atoms with Crippen molar-refractivity contribution < 1.29 is 24.1 Å². The van der Waals surface area contributed by atoms with Crippen LogP contribution in [0.4, 0.5) is 0 Å². The fourth-order valence-electron chi connectivity index (χ4n) is 4.23. The fourth-order valence-corrected chi connectivity index (χ4v) is 4.23. The Morgan fingerprint density at radius 2 is 2.00 bits per heavy atom. The summed E-state index contributed by atoms with van der Waals surface area (Å²) in [6.07, 6.45) is 3.73. The van der Waals surface area contributed by atoms with Gasteiger partial charge in [0.15, 0.2) is 11.5 Å². The number of aryl methyl sites for hydroxylation is 2. The molecule has 1 atom stereocenters. The zero-order valence-corrected chi connectivity index (χ0v) is 20.8. The average Bonchev–Trinajstić information content (AvgIpc) is 3.15. The number of aromatic nitrogens is 2. The summed E-state index contributed by atoms with van der Waals surface area (Å²) in [4.78, 5) is 6.43. The third kappa shape index (κ3) is 6.97. The Kier molecular flexibility index (Phi) is 8.28. The first-order valence-electron chi connectivity index (χ1n) is 11.9. The SMILES string of the molecule is COc1ccc(CN2CCOCC(O)(COc3cccc(C)c3)C2)cc1OCCn1ccnc1C. The minimum absolute atomic E-state index is 0.164. The van der Waals surface area contributed by atoms with Crippen molar-refractivity contribution >= 4 is 0 Å². The van der Waals surface area contributed by atoms with Gasteiger partial charge in [0, 0.05) is 32.0 Å². The first-order chi connectivity index (χ1) is 16.9. The quantitative estimate of drug-likeness (QED) is 0.476. The third-order valence-corrected chi connectivity index (χ3v) is 6.09. The summed E-state index contributed by atoms with van der Waals surface area (Å²) in [7, 11) is 1.64. The van der Waals surface area contributed by atoms with Gasteiger partial charge in [-0.1, -0.05) is 18.2 Å². The molecule has 1 aliphatic rings. The second-order valence-corrected chi connectivity index (χ2v) is 9.09. The normalized spacial score (nSPS) is 18.7. The lowest BCUT2D eigenvalue weighted by atomic mass is 10.1. The maximum Gasteiger partial charge on any atom is 0.161 e. The fraction of sp³-hybridized carbons (Fsp3) is 0.444. The molecule has 8 heteroatoms. The van der Waals surface area contributed by atoms with E-state index in [1.54, 1.807) is 13.3 Å². The first kappa shape index (κ1) is 25.0. The number of hydrogen-bond donors (Lipinski definition) is 1. The van der Waals surface area contributed by atoms with Crippen molar-refractivity contribution in [3.05, 3.63) is 71.8 Å². The van der Waals surface area contributed by atoms with Crippen molar-refractivity contribution in [2.24, 2.45) is 0 Å². The molecule has 0 bridgehead atoms. The Bertz CT molecular complexity index is 1100. The van der Waals surface area contributed by atoms with Gasteiger partial charge in [-0.2, -0.15) is 0 Å². The van der Waals surface area contributed by atoms with Crippen molar-refractivity contribution in [3.8, 4) is 17.2 Å². The lowest BCUT2D eigenvalue weighted by Crippen LogP contribution is -2.48. The number of nitrogens with zero attached hydrogens (tertiary/aromatic N) is 3. The van der Waals surface area contributed by atoms with E-state index in [4.69, 9.17) is 18.9 Å². The minimum Gasteiger partial charge on any atom is -0.493 e. The minimum atomic E-state index is -1.10. The van der Waals surface area contributed by atoms with E-state index in [1.807, 2.05) is 67.1 Å². The van der Waals surface area contributed by atoms with Crippen molar-refractivity contribution in [1.82, 2.24) is 14.5 Å². The molecule has 1 aliphatic heterocycles. The summed E-state index contributed by atoms with van der Waals surface area (Å²) in [5.74, 6) is 3.10. The lowest BCUT2D eigenvalue weighted by Gasteiger charge is -2.30. The number of rotatable bonds is 10. The highest BCUT2D eigenvalue weighted by Gasteiger charge is 2.33. The maximum absolute atomic E-state index is 11.3. The number of ether oxygens (including phenoxy) is 4. The molecule has 2 heterocycles. The molecular weight excluding hydrogens is 446 g/mol. The van der Waals surface area contributed by atoms with E-state index in [2.05, 4.69) is 9.88 Å². The largest absolute Gasteiger partial charge is 0.493 e. The molecule has 1 aromatic heterocycles. The van der Waals surface area contributed by atoms with Gasteiger partial charge in [0.1, 0.15) is 30.4 Å². The molecule has 1 fully saturated rings. The van der Waals surface area contributed by atoms with Crippen LogP contribution in [0.2, 0.25) is 0 Å². The molecule has 1 N–H and O–H groups in total. The Balaban J connectivity index is 1.38. The van der Waals surface area contributed by atoms with Gasteiger partial charge in [0.2, 0.25) is 0 Å². The number of methoxy groups -OCH3 is 1. The van der Waals surface area contributed by atoms with Gasteiger partial charge in [-0.05, 0) is 49.2 Å². The molecule has 35 heavy (non-hydrogen) atoms. The molecule has 0 aliphatic carbocycles. The summed E-state index contributed by atoms with van der Waals surface area (Å²) in [5, 5.41) is 11.3. The van der Waals surface area contributed by atoms with Gasteiger partial charge >= 0.3 is 0 Å². The van der Waals surface area contributed by atoms with Crippen LogP contribution in [-0.2, 0) is 17.8 Å². The average molecular weight is 482 g/mol. The Morgan fingerprint density at radius 3 is 2.77 bits per heavy atom. The predicted molar refractivity (Wildman–Crippen MR) is 133 cm³/mol. The van der Waals surface area contributed by atoms with E-state index in [9.17, 15) is 5.11 Å². The molecule has 2 aromatic carbocycles. The van der Waals surface area contributed by atoms with Crippen LogP contribution in [0, 0.1) is 13.8 Å². The molecule has 0 amide bonds. The van der Waals surface area contributed by atoms with E-state index >= 15 is 0 Å². The molecule has 8 nitrogen and oxygen atoms in total. The highest BCUT2D eigenvalue weighted by atomic mass is 16.5. The van der Waals surface area contributed by atoms with Gasteiger partial charge in [0.05, 0.1) is 26.9 Å². The Morgan fingerprint density at radius 1 is 1.11 bits per heavy atom.